The molecule has 0 aromatic carbocycles. The number of hydrogen-bond donors (Lipinski definition) is 0. The molecule has 1 rings (SSSR count). The van der Waals surface area contributed by atoms with E-state index >= 15 is 0 Å². The van der Waals surface area contributed by atoms with E-state index < -0.39 is 10.6 Å². The van der Waals surface area contributed by atoms with E-state index in [0.717, 1.165) is 6.26 Å². The van der Waals surface area contributed by atoms with Crippen molar-refractivity contribution in [2.24, 2.45) is 0 Å². The Labute approximate surface area is 69.3 Å². The summed E-state index contributed by atoms with van der Waals surface area (Å²) in [5.41, 5.74) is 0. The van der Waals surface area contributed by atoms with Crippen LogP contribution in [-0.4, -0.2) is 10.6 Å². The Morgan fingerprint density at radius 1 is 1.64 bits per heavy atom. The van der Waals surface area contributed by atoms with Crippen molar-refractivity contribution in [3.63, 3.8) is 0 Å². The van der Waals surface area contributed by atoms with Gasteiger partial charge in [-0.25, -0.2) is 0 Å². The SMILES string of the molecule is O=C(c1ccco1)C(F)(F)Br. The summed E-state index contributed by atoms with van der Waals surface area (Å²) in [6, 6.07) is 2.55. The molecule has 1 aromatic heterocycles. The molecule has 5 heteroatoms. The molecule has 0 N–H and O–H groups in total. The molecule has 1 heterocycles. The van der Waals surface area contributed by atoms with Crippen LogP contribution in [-0.2, 0) is 0 Å². The molecule has 0 aliphatic carbocycles. The van der Waals surface area contributed by atoms with Crippen molar-refractivity contribution in [3.05, 3.63) is 24.2 Å². The van der Waals surface area contributed by atoms with Crippen LogP contribution in [0.3, 0.4) is 0 Å². The van der Waals surface area contributed by atoms with Crippen LogP contribution in [0.1, 0.15) is 10.6 Å². The maximum Gasteiger partial charge on any atom is 0.366 e. The van der Waals surface area contributed by atoms with Gasteiger partial charge in [-0.2, -0.15) is 8.78 Å². The highest BCUT2D eigenvalue weighted by Gasteiger charge is 2.37. The third kappa shape index (κ3) is 1.86. The largest absolute Gasteiger partial charge is 0.461 e. The van der Waals surface area contributed by atoms with E-state index in [1.165, 1.54) is 12.1 Å². The fraction of sp³-hybridized carbons (Fsp3) is 0.167. The molecule has 2 nitrogen and oxygen atoms in total. The lowest BCUT2D eigenvalue weighted by atomic mass is 10.3. The molecule has 0 spiro atoms. The van der Waals surface area contributed by atoms with Crippen LogP contribution in [0.2, 0.25) is 0 Å². The first-order valence-corrected chi connectivity index (χ1v) is 3.46. The van der Waals surface area contributed by atoms with Crippen molar-refractivity contribution in [1.82, 2.24) is 0 Å². The summed E-state index contributed by atoms with van der Waals surface area (Å²) >= 11 is 1.92. The normalized spacial score (nSPS) is 11.5. The van der Waals surface area contributed by atoms with Crippen molar-refractivity contribution in [3.8, 4) is 0 Å². The summed E-state index contributed by atoms with van der Waals surface area (Å²) < 4.78 is 28.8. The van der Waals surface area contributed by atoms with Crippen LogP contribution in [0.25, 0.3) is 0 Å². The Morgan fingerprint density at radius 2 is 2.27 bits per heavy atom. The van der Waals surface area contributed by atoms with E-state index in [-0.39, 0.29) is 5.76 Å². The number of furan rings is 1. The number of halogens is 3. The van der Waals surface area contributed by atoms with Gasteiger partial charge in [0.2, 0.25) is 0 Å². The first-order chi connectivity index (χ1) is 5.02. The van der Waals surface area contributed by atoms with Crippen molar-refractivity contribution in [2.45, 2.75) is 4.83 Å². The molecule has 0 unspecified atom stereocenters. The highest BCUT2D eigenvalue weighted by molar-refractivity contribution is 9.10. The summed E-state index contributed by atoms with van der Waals surface area (Å²) in [6.45, 7) is 0. The molecule has 0 radical (unpaired) electrons. The van der Waals surface area contributed by atoms with Gasteiger partial charge in [0.1, 0.15) is 0 Å². The van der Waals surface area contributed by atoms with E-state index in [1.807, 2.05) is 15.9 Å². The van der Waals surface area contributed by atoms with Gasteiger partial charge in [0.15, 0.2) is 5.76 Å². The summed E-state index contributed by atoms with van der Waals surface area (Å²) in [5.74, 6) is -1.73. The topological polar surface area (TPSA) is 30.2 Å². The first-order valence-electron chi connectivity index (χ1n) is 2.67. The molecule has 0 amide bonds. The summed E-state index contributed by atoms with van der Waals surface area (Å²) in [4.78, 5) is 7.10. The fourth-order valence-electron chi connectivity index (χ4n) is 0.547. The summed E-state index contributed by atoms with van der Waals surface area (Å²) in [7, 11) is 0. The predicted molar refractivity (Wildman–Crippen MR) is 36.9 cm³/mol. The van der Waals surface area contributed by atoms with Crippen molar-refractivity contribution in [1.29, 1.82) is 0 Å². The molecule has 0 saturated carbocycles. The summed E-state index contributed by atoms with van der Waals surface area (Å²) in [6.07, 6.45) is 1.16. The Morgan fingerprint density at radius 3 is 2.64 bits per heavy atom. The monoisotopic (exact) mass is 224 g/mol. The number of ketones is 1. The van der Waals surface area contributed by atoms with Crippen LogP contribution in [0, 0.1) is 0 Å². The van der Waals surface area contributed by atoms with E-state index in [9.17, 15) is 13.6 Å². The minimum Gasteiger partial charge on any atom is -0.461 e. The second kappa shape index (κ2) is 2.73. The molecule has 1 aromatic rings. The Balaban J connectivity index is 2.88. The van der Waals surface area contributed by atoms with Gasteiger partial charge in [-0.05, 0) is 28.1 Å². The zero-order valence-corrected chi connectivity index (χ0v) is 6.77. The second-order valence-corrected chi connectivity index (χ2v) is 2.80. The lowest BCUT2D eigenvalue weighted by Gasteiger charge is -2.02. The van der Waals surface area contributed by atoms with Gasteiger partial charge < -0.3 is 4.42 Å². The Bertz CT molecular complexity index is 250. The van der Waals surface area contributed by atoms with Crippen molar-refractivity contribution < 1.29 is 18.0 Å². The zero-order chi connectivity index (χ0) is 8.48. The van der Waals surface area contributed by atoms with Crippen LogP contribution in [0.5, 0.6) is 0 Å². The van der Waals surface area contributed by atoms with Gasteiger partial charge in [-0.15, -0.1) is 0 Å². The molecule has 0 saturated heterocycles. The molecular formula is C6H3BrF2O2. The van der Waals surface area contributed by atoms with E-state index in [4.69, 9.17) is 0 Å². The highest BCUT2D eigenvalue weighted by Crippen LogP contribution is 2.26. The van der Waals surface area contributed by atoms with Gasteiger partial charge in [-0.1, -0.05) is 0 Å². The van der Waals surface area contributed by atoms with Gasteiger partial charge >= 0.3 is 4.83 Å². The van der Waals surface area contributed by atoms with Crippen LogP contribution >= 0.6 is 15.9 Å². The number of hydrogen-bond acceptors (Lipinski definition) is 2. The third-order valence-electron chi connectivity index (χ3n) is 1.00. The highest BCUT2D eigenvalue weighted by atomic mass is 79.9. The van der Waals surface area contributed by atoms with Crippen molar-refractivity contribution in [2.75, 3.05) is 0 Å². The molecule has 0 aliphatic rings. The molecule has 0 atom stereocenters. The smallest absolute Gasteiger partial charge is 0.366 e. The van der Waals surface area contributed by atoms with E-state index in [2.05, 4.69) is 4.42 Å². The van der Waals surface area contributed by atoms with Gasteiger partial charge in [0, 0.05) is 0 Å². The van der Waals surface area contributed by atoms with E-state index in [0.29, 0.717) is 0 Å². The quantitative estimate of drug-likeness (QED) is 0.571. The average molecular weight is 225 g/mol. The molecule has 0 bridgehead atoms. The number of rotatable bonds is 2. The van der Waals surface area contributed by atoms with Gasteiger partial charge in [-0.3, -0.25) is 4.79 Å². The lowest BCUT2D eigenvalue weighted by Crippen LogP contribution is -2.19. The maximum atomic E-state index is 12.2. The van der Waals surface area contributed by atoms with Crippen molar-refractivity contribution >= 4 is 21.7 Å². The Kier molecular flexibility index (Phi) is 2.08. The minimum absolute atomic E-state index is 0.355. The third-order valence-corrected chi connectivity index (χ3v) is 1.36. The average Bonchev–Trinajstić information content (AvgIpc) is 2.34. The van der Waals surface area contributed by atoms with Crippen LogP contribution in [0.4, 0.5) is 8.78 Å². The maximum absolute atomic E-state index is 12.2. The molecular weight excluding hydrogens is 222 g/mol. The molecule has 60 valence electrons. The lowest BCUT2D eigenvalue weighted by molar-refractivity contribution is 0.0562. The Hall–Kier alpha value is -0.710. The zero-order valence-electron chi connectivity index (χ0n) is 5.18. The van der Waals surface area contributed by atoms with E-state index in [1.54, 1.807) is 0 Å². The second-order valence-electron chi connectivity index (χ2n) is 1.80. The standard InChI is InChI=1S/C6H3BrF2O2/c7-6(8,9)5(10)4-2-1-3-11-4/h1-3H. The summed E-state index contributed by atoms with van der Waals surface area (Å²) in [5, 5.41) is 0. The molecule has 0 aliphatic heterocycles. The van der Waals surface area contributed by atoms with Gasteiger partial charge in [0.25, 0.3) is 5.78 Å². The predicted octanol–water partition coefficient (Wildman–Crippen LogP) is 2.45. The minimum atomic E-state index is -3.54. The molecule has 0 fully saturated rings. The number of carbonyl (C=O) groups is 1. The first kappa shape index (κ1) is 8.39. The van der Waals surface area contributed by atoms with Crippen LogP contribution < -0.4 is 0 Å². The number of Topliss-reactive ketones (excluding diaryl/α,β-unsaturated/α-hetero) is 1. The number of alkyl halides is 3. The molecule has 11 heavy (non-hydrogen) atoms. The fourth-order valence-corrected chi connectivity index (χ4v) is 0.743. The van der Waals surface area contributed by atoms with Gasteiger partial charge in [0.05, 0.1) is 6.26 Å². The van der Waals surface area contributed by atoms with Crippen LogP contribution in [0.15, 0.2) is 22.8 Å². The number of carbonyl (C=O) groups excluding carboxylic acids is 1.